The number of methoxy groups -OCH3 is 1. The molecule has 2 saturated carbocycles. The molecule has 1 aromatic carbocycles. The largest absolute Gasteiger partial charge is 0.496 e. The first kappa shape index (κ1) is 31.4. The topological polar surface area (TPSA) is 137 Å². The van der Waals surface area contributed by atoms with E-state index >= 15 is 0 Å². The number of amides is 2. The number of aliphatic carboxylic acids is 1. The molecule has 238 valence electrons. The number of likely N-dealkylation sites (tertiary alicyclic amines) is 1. The molecule has 2 aliphatic carbocycles. The molecular formula is C33H43N3O8. The van der Waals surface area contributed by atoms with Crippen molar-refractivity contribution in [2.24, 2.45) is 5.92 Å². The summed E-state index contributed by atoms with van der Waals surface area (Å²) in [4.78, 5) is 45.3. The Labute approximate surface area is 257 Å². The fraction of sp³-hybridized carbons (Fsp3) is 0.576. The zero-order valence-electron chi connectivity index (χ0n) is 25.8. The van der Waals surface area contributed by atoms with E-state index in [0.29, 0.717) is 34.9 Å². The zero-order chi connectivity index (χ0) is 31.2. The van der Waals surface area contributed by atoms with Gasteiger partial charge in [0.15, 0.2) is 0 Å². The van der Waals surface area contributed by atoms with Crippen molar-refractivity contribution in [3.8, 4) is 17.4 Å². The fourth-order valence-corrected chi connectivity index (χ4v) is 6.73. The van der Waals surface area contributed by atoms with Crippen molar-refractivity contribution in [1.29, 1.82) is 0 Å². The molecule has 0 bridgehead atoms. The van der Waals surface area contributed by atoms with Crippen LogP contribution in [0.3, 0.4) is 0 Å². The van der Waals surface area contributed by atoms with Crippen LogP contribution in [0.4, 0.5) is 4.79 Å². The monoisotopic (exact) mass is 609 g/mol. The molecule has 3 fully saturated rings. The Morgan fingerprint density at radius 1 is 1.07 bits per heavy atom. The summed E-state index contributed by atoms with van der Waals surface area (Å²) in [7, 11) is 1.59. The number of carbonyl (C=O) groups excluding carboxylic acids is 2. The van der Waals surface area contributed by atoms with Gasteiger partial charge in [-0.2, -0.15) is 0 Å². The normalized spacial score (nSPS) is 21.6. The Morgan fingerprint density at radius 3 is 2.45 bits per heavy atom. The number of rotatable bonds is 11. The van der Waals surface area contributed by atoms with Gasteiger partial charge in [-0.15, -0.1) is 0 Å². The van der Waals surface area contributed by atoms with Gasteiger partial charge in [-0.1, -0.05) is 25.0 Å². The van der Waals surface area contributed by atoms with Crippen molar-refractivity contribution >= 4 is 34.9 Å². The minimum absolute atomic E-state index is 0.0596. The summed E-state index contributed by atoms with van der Waals surface area (Å²) in [5, 5.41) is 13.7. The van der Waals surface area contributed by atoms with Gasteiger partial charge in [-0.3, -0.25) is 4.79 Å². The lowest BCUT2D eigenvalue weighted by Crippen LogP contribution is -2.54. The smallest absolute Gasteiger partial charge is 0.408 e. The molecule has 1 aromatic heterocycles. The Balaban J connectivity index is 1.40. The maximum atomic E-state index is 14.0. The predicted molar refractivity (Wildman–Crippen MR) is 164 cm³/mol. The van der Waals surface area contributed by atoms with Gasteiger partial charge in [0.05, 0.1) is 25.8 Å². The van der Waals surface area contributed by atoms with Gasteiger partial charge in [-0.25, -0.2) is 14.6 Å². The number of allylic oxidation sites excluding steroid dienone is 1. The van der Waals surface area contributed by atoms with Gasteiger partial charge in [0, 0.05) is 29.5 Å². The molecule has 0 spiro atoms. The lowest BCUT2D eigenvalue weighted by Gasteiger charge is -2.30. The number of aromatic nitrogens is 1. The van der Waals surface area contributed by atoms with E-state index in [1.165, 1.54) is 4.90 Å². The maximum Gasteiger partial charge on any atom is 0.408 e. The summed E-state index contributed by atoms with van der Waals surface area (Å²) in [6, 6.07) is 3.47. The quantitative estimate of drug-likeness (QED) is 0.346. The van der Waals surface area contributed by atoms with E-state index in [1.807, 2.05) is 38.1 Å². The highest BCUT2D eigenvalue weighted by atomic mass is 16.6. The second-order valence-corrected chi connectivity index (χ2v) is 11.8. The number of nitrogens with zero attached hydrogens (tertiary/aromatic N) is 2. The molecule has 2 N–H and O–H groups in total. The summed E-state index contributed by atoms with van der Waals surface area (Å²) in [6.45, 7) is 4.23. The number of ether oxygens (including phenoxy) is 4. The van der Waals surface area contributed by atoms with E-state index in [0.717, 1.165) is 56.9 Å². The molecule has 44 heavy (non-hydrogen) atoms. The molecule has 2 amide bonds. The number of benzene rings is 1. The highest BCUT2D eigenvalue weighted by molar-refractivity contribution is 5.91. The second kappa shape index (κ2) is 14.2. The van der Waals surface area contributed by atoms with Crippen molar-refractivity contribution in [3.05, 3.63) is 29.8 Å². The third-order valence-corrected chi connectivity index (χ3v) is 8.85. The maximum absolute atomic E-state index is 14.0. The van der Waals surface area contributed by atoms with Crippen LogP contribution in [-0.2, 0) is 14.3 Å². The van der Waals surface area contributed by atoms with Gasteiger partial charge in [-0.05, 0) is 64.4 Å². The molecule has 1 aliphatic heterocycles. The molecule has 11 nitrogen and oxygen atoms in total. The standard InChI is InChI=1S/C33H43N3O8/c1-4-10-21-15-24-25(17-27(21)41-3)34-29(42-5-2)18-28(24)43-23-16-26(32(38)39)36(19-23)31(37)30(20-11-6-7-12-20)35-33(40)44-22-13-8-9-14-22/h4,10,15,17-18,20,22-23,26,30H,5-9,11-14,16,19H2,1-3H3,(H,35,40)(H,38,39)/b10-4+/t23-,26+,30+/m1/s1. The average molecular weight is 610 g/mol. The predicted octanol–water partition coefficient (Wildman–Crippen LogP) is 5.34. The third kappa shape index (κ3) is 7.03. The zero-order valence-corrected chi connectivity index (χ0v) is 25.8. The number of carbonyl (C=O) groups is 3. The minimum atomic E-state index is -1.11. The molecule has 3 aliphatic rings. The summed E-state index contributed by atoms with van der Waals surface area (Å²) in [6.07, 6.45) is 9.71. The Kier molecular flexibility index (Phi) is 10.1. The lowest BCUT2D eigenvalue weighted by molar-refractivity contribution is -0.149. The van der Waals surface area contributed by atoms with Gasteiger partial charge in [0.25, 0.3) is 0 Å². The van der Waals surface area contributed by atoms with Crippen LogP contribution in [-0.4, -0.2) is 77.5 Å². The molecule has 2 heterocycles. The van der Waals surface area contributed by atoms with E-state index in [-0.39, 0.29) is 25.0 Å². The molecule has 0 unspecified atom stereocenters. The number of pyridine rings is 1. The van der Waals surface area contributed by atoms with Crippen LogP contribution in [0.15, 0.2) is 24.3 Å². The highest BCUT2D eigenvalue weighted by Gasteiger charge is 2.45. The Morgan fingerprint density at radius 2 is 1.80 bits per heavy atom. The van der Waals surface area contributed by atoms with Crippen molar-refractivity contribution in [1.82, 2.24) is 15.2 Å². The van der Waals surface area contributed by atoms with Crippen LogP contribution in [0.25, 0.3) is 17.0 Å². The van der Waals surface area contributed by atoms with E-state index < -0.39 is 36.2 Å². The van der Waals surface area contributed by atoms with Crippen molar-refractivity contribution in [2.75, 3.05) is 20.3 Å². The molecular weight excluding hydrogens is 566 g/mol. The first-order valence-electron chi connectivity index (χ1n) is 15.8. The number of nitrogens with one attached hydrogen (secondary N) is 1. The van der Waals surface area contributed by atoms with Crippen LogP contribution in [0.1, 0.15) is 77.2 Å². The number of alkyl carbamates (subject to hydrolysis) is 1. The average Bonchev–Trinajstić information content (AvgIpc) is 3.79. The van der Waals surface area contributed by atoms with Crippen LogP contribution < -0.4 is 19.5 Å². The van der Waals surface area contributed by atoms with Crippen molar-refractivity contribution in [3.63, 3.8) is 0 Å². The van der Waals surface area contributed by atoms with E-state index in [1.54, 1.807) is 13.2 Å². The van der Waals surface area contributed by atoms with Crippen LogP contribution >= 0.6 is 0 Å². The summed E-state index contributed by atoms with van der Waals surface area (Å²) >= 11 is 0. The first-order chi connectivity index (χ1) is 21.3. The number of carboxylic acid groups (broad SMARTS) is 1. The van der Waals surface area contributed by atoms with Crippen molar-refractivity contribution < 1.29 is 38.4 Å². The van der Waals surface area contributed by atoms with Gasteiger partial charge in [0.1, 0.15) is 35.8 Å². The van der Waals surface area contributed by atoms with Gasteiger partial charge in [0.2, 0.25) is 11.8 Å². The highest BCUT2D eigenvalue weighted by Crippen LogP contribution is 2.37. The van der Waals surface area contributed by atoms with Gasteiger partial charge < -0.3 is 34.3 Å². The summed E-state index contributed by atoms with van der Waals surface area (Å²) in [5.41, 5.74) is 1.43. The minimum Gasteiger partial charge on any atom is -0.496 e. The number of hydrogen-bond acceptors (Lipinski definition) is 8. The molecule has 0 radical (unpaired) electrons. The van der Waals surface area contributed by atoms with Crippen molar-refractivity contribution in [2.45, 2.75) is 95.9 Å². The second-order valence-electron chi connectivity index (χ2n) is 11.8. The fourth-order valence-electron chi connectivity index (χ4n) is 6.73. The first-order valence-corrected chi connectivity index (χ1v) is 15.8. The van der Waals surface area contributed by atoms with E-state index in [9.17, 15) is 19.5 Å². The van der Waals surface area contributed by atoms with E-state index in [2.05, 4.69) is 10.3 Å². The van der Waals surface area contributed by atoms with Crippen LogP contribution in [0.2, 0.25) is 0 Å². The van der Waals surface area contributed by atoms with Gasteiger partial charge >= 0.3 is 12.1 Å². The molecule has 1 saturated heterocycles. The lowest BCUT2D eigenvalue weighted by atomic mass is 9.96. The Bertz CT molecular complexity index is 1380. The number of carboxylic acids is 1. The number of hydrogen-bond donors (Lipinski definition) is 2. The summed E-state index contributed by atoms with van der Waals surface area (Å²) in [5.74, 6) is -0.121. The third-order valence-electron chi connectivity index (χ3n) is 8.85. The number of fused-ring (bicyclic) bond motifs is 1. The van der Waals surface area contributed by atoms with Crippen LogP contribution in [0.5, 0.6) is 17.4 Å². The van der Waals surface area contributed by atoms with E-state index in [4.69, 9.17) is 18.9 Å². The molecule has 3 atom stereocenters. The molecule has 2 aromatic rings. The Hall–Kier alpha value is -4.02. The molecule has 5 rings (SSSR count). The molecule has 11 heteroatoms. The summed E-state index contributed by atoms with van der Waals surface area (Å²) < 4.78 is 23.3. The van der Waals surface area contributed by atoms with Crippen LogP contribution in [0, 0.1) is 5.92 Å². The SMILES string of the molecule is C/C=C/c1cc2c(O[C@@H]3C[C@@H](C(=O)O)N(C(=O)[C@@H](NC(=O)OC4CCCC4)C4CCCC4)C3)cc(OCC)nc2cc1OC.